The largest absolute Gasteiger partial charge is 0.478 e. The maximum absolute atomic E-state index is 14.3. The van der Waals surface area contributed by atoms with Crippen LogP contribution in [-0.2, 0) is 6.42 Å². The molecule has 36 heavy (non-hydrogen) atoms. The van der Waals surface area contributed by atoms with Crippen LogP contribution in [0, 0.1) is 27.3 Å². The number of rotatable bonds is 8. The molecule has 0 bridgehead atoms. The molecule has 1 aromatic carbocycles. The molecule has 0 N–H and O–H groups in total. The van der Waals surface area contributed by atoms with Gasteiger partial charge in [-0.05, 0) is 76.9 Å². The van der Waals surface area contributed by atoms with Crippen molar-refractivity contribution in [1.29, 1.82) is 5.26 Å². The third-order valence-electron chi connectivity index (χ3n) is 5.41. The Hall–Kier alpha value is -4.11. The average Bonchev–Trinajstić information content (AvgIpc) is 3.46. The van der Waals surface area contributed by atoms with Crippen molar-refractivity contribution < 1.29 is 14.1 Å². The molecule has 3 heterocycles. The maximum Gasteiger partial charge on any atom is 0.406 e. The van der Waals surface area contributed by atoms with Crippen molar-refractivity contribution in [2.24, 2.45) is 0 Å². The Bertz CT molecular complexity index is 1470. The highest BCUT2D eigenvalue weighted by Gasteiger charge is 2.23. The van der Waals surface area contributed by atoms with Crippen LogP contribution in [0.2, 0.25) is 0 Å². The molecule has 4 rings (SSSR count). The summed E-state index contributed by atoms with van der Waals surface area (Å²) in [6.45, 7) is 5.55. The van der Waals surface area contributed by atoms with Crippen molar-refractivity contribution in [2.75, 3.05) is 0 Å². The van der Waals surface area contributed by atoms with Crippen LogP contribution in [0.5, 0.6) is 5.75 Å². The fourth-order valence-corrected chi connectivity index (χ4v) is 4.12. The Kier molecular flexibility index (Phi) is 7.12. The second-order valence-corrected chi connectivity index (χ2v) is 9.19. The fraction of sp³-hybridized carbons (Fsp3) is 0.250. The van der Waals surface area contributed by atoms with Gasteiger partial charge in [0.2, 0.25) is 5.75 Å². The summed E-state index contributed by atoms with van der Waals surface area (Å²) in [5, 5.41) is 29.8. The van der Waals surface area contributed by atoms with Crippen LogP contribution < -0.4 is 4.74 Å². The first kappa shape index (κ1) is 25.0. The van der Waals surface area contributed by atoms with Gasteiger partial charge in [-0.15, -0.1) is 0 Å². The van der Waals surface area contributed by atoms with Crippen molar-refractivity contribution in [3.63, 3.8) is 0 Å². The molecule has 0 aliphatic carbocycles. The number of ether oxygens (including phenoxy) is 1. The fourth-order valence-electron chi connectivity index (χ4n) is 3.81. The molecule has 0 amide bonds. The summed E-state index contributed by atoms with van der Waals surface area (Å²) < 4.78 is 24.0. The SMILES string of the molecule is CC(C)n1nc(Cc2ccnn2-c2ccc(F)cc2[C@@H](C)Oc2cc(Br)cnc2[N+](=O)[O-])cc1C#N. The van der Waals surface area contributed by atoms with Crippen LogP contribution in [0.4, 0.5) is 10.2 Å². The Morgan fingerprint density at radius 2 is 2.03 bits per heavy atom. The monoisotopic (exact) mass is 553 g/mol. The third kappa shape index (κ3) is 5.11. The molecule has 1 atom stereocenters. The van der Waals surface area contributed by atoms with Crippen molar-refractivity contribution in [3.8, 4) is 17.5 Å². The lowest BCUT2D eigenvalue weighted by atomic mass is 10.1. The van der Waals surface area contributed by atoms with Gasteiger partial charge in [0.15, 0.2) is 6.20 Å². The predicted molar refractivity (Wildman–Crippen MR) is 131 cm³/mol. The zero-order valence-electron chi connectivity index (χ0n) is 19.6. The quantitative estimate of drug-likeness (QED) is 0.209. The molecular formula is C24H21BrFN7O3. The molecule has 3 aromatic heterocycles. The number of halogens is 2. The lowest BCUT2D eigenvalue weighted by Crippen LogP contribution is -2.12. The Morgan fingerprint density at radius 3 is 2.69 bits per heavy atom. The molecule has 0 aliphatic rings. The molecule has 0 fully saturated rings. The summed E-state index contributed by atoms with van der Waals surface area (Å²) in [6.07, 6.45) is 2.51. The minimum Gasteiger partial charge on any atom is -0.478 e. The molecule has 0 unspecified atom stereocenters. The summed E-state index contributed by atoms with van der Waals surface area (Å²) in [4.78, 5) is 14.6. The number of nitrogens with zero attached hydrogens (tertiary/aromatic N) is 7. The number of hydrogen-bond acceptors (Lipinski definition) is 7. The first-order valence-corrected chi connectivity index (χ1v) is 11.7. The summed E-state index contributed by atoms with van der Waals surface area (Å²) >= 11 is 3.24. The van der Waals surface area contributed by atoms with E-state index in [1.165, 1.54) is 24.4 Å². The summed E-state index contributed by atoms with van der Waals surface area (Å²) in [5.74, 6) is -0.994. The van der Waals surface area contributed by atoms with E-state index in [2.05, 4.69) is 37.2 Å². The Labute approximate surface area is 214 Å². The van der Waals surface area contributed by atoms with E-state index < -0.39 is 22.7 Å². The van der Waals surface area contributed by atoms with Crippen molar-refractivity contribution in [3.05, 3.63) is 91.8 Å². The average molecular weight is 554 g/mol. The highest BCUT2D eigenvalue weighted by Crippen LogP contribution is 2.34. The lowest BCUT2D eigenvalue weighted by molar-refractivity contribution is -0.390. The van der Waals surface area contributed by atoms with E-state index in [9.17, 15) is 19.8 Å². The van der Waals surface area contributed by atoms with Crippen molar-refractivity contribution in [2.45, 2.75) is 39.3 Å². The van der Waals surface area contributed by atoms with Gasteiger partial charge in [-0.3, -0.25) is 4.68 Å². The normalized spacial score (nSPS) is 11.9. The number of benzene rings is 1. The summed E-state index contributed by atoms with van der Waals surface area (Å²) in [7, 11) is 0. The van der Waals surface area contributed by atoms with Crippen LogP contribution in [0.3, 0.4) is 0 Å². The number of aromatic nitrogens is 5. The van der Waals surface area contributed by atoms with Gasteiger partial charge in [-0.1, -0.05) is 0 Å². The van der Waals surface area contributed by atoms with Gasteiger partial charge in [0.25, 0.3) is 0 Å². The second kappa shape index (κ2) is 10.2. The first-order valence-electron chi connectivity index (χ1n) is 11.0. The molecule has 0 saturated carbocycles. The molecule has 10 nitrogen and oxygen atoms in total. The minimum atomic E-state index is -0.784. The number of nitro groups is 1. The molecular weight excluding hydrogens is 533 g/mol. The van der Waals surface area contributed by atoms with Gasteiger partial charge in [0.05, 0.1) is 21.5 Å². The van der Waals surface area contributed by atoms with Crippen molar-refractivity contribution >= 4 is 21.7 Å². The van der Waals surface area contributed by atoms with Crippen LogP contribution in [-0.4, -0.2) is 29.5 Å². The van der Waals surface area contributed by atoms with Crippen molar-refractivity contribution in [1.82, 2.24) is 24.5 Å². The maximum atomic E-state index is 14.3. The molecule has 4 aromatic rings. The van der Waals surface area contributed by atoms with E-state index in [4.69, 9.17) is 4.74 Å². The molecule has 0 saturated heterocycles. The highest BCUT2D eigenvalue weighted by atomic mass is 79.9. The molecule has 12 heteroatoms. The topological polar surface area (TPSA) is 125 Å². The highest BCUT2D eigenvalue weighted by molar-refractivity contribution is 9.10. The van der Waals surface area contributed by atoms with E-state index >= 15 is 0 Å². The zero-order chi connectivity index (χ0) is 26.0. The van der Waals surface area contributed by atoms with Crippen LogP contribution >= 0.6 is 15.9 Å². The molecule has 0 spiro atoms. The predicted octanol–water partition coefficient (Wildman–Crippen LogP) is 5.46. The minimum absolute atomic E-state index is 0.0246. The van der Waals surface area contributed by atoms with Gasteiger partial charge in [-0.2, -0.15) is 15.5 Å². The van der Waals surface area contributed by atoms with Gasteiger partial charge >= 0.3 is 5.82 Å². The van der Waals surface area contributed by atoms with Crippen LogP contribution in [0.25, 0.3) is 5.69 Å². The summed E-state index contributed by atoms with van der Waals surface area (Å²) in [6, 6.07) is 11.3. The molecule has 184 valence electrons. The van der Waals surface area contributed by atoms with E-state index in [0.29, 0.717) is 33.5 Å². The number of nitriles is 1. The Morgan fingerprint density at radius 1 is 1.25 bits per heavy atom. The third-order valence-corrected chi connectivity index (χ3v) is 5.84. The standard InChI is InChI=1S/C24H21BrFN7O3/c1-14(2)31-20(12-27)11-18(30-31)10-19-6-7-29-32(19)22-5-4-17(26)9-21(22)15(3)36-23-8-16(25)13-28-24(23)33(34)35/h4-9,11,13-15H,10H2,1-3H3/t15-/m1/s1. The van der Waals surface area contributed by atoms with Gasteiger partial charge in [-0.25, -0.2) is 9.07 Å². The van der Waals surface area contributed by atoms with Gasteiger partial charge in [0, 0.05) is 30.3 Å². The Balaban J connectivity index is 1.70. The van der Waals surface area contributed by atoms with Crippen LogP contribution in [0.15, 0.2) is 53.3 Å². The molecule has 0 aliphatic heterocycles. The first-order chi connectivity index (χ1) is 17.2. The number of pyridine rings is 1. The smallest absolute Gasteiger partial charge is 0.406 e. The number of hydrogen-bond donors (Lipinski definition) is 0. The lowest BCUT2D eigenvalue weighted by Gasteiger charge is -2.19. The van der Waals surface area contributed by atoms with E-state index in [1.807, 2.05) is 19.9 Å². The van der Waals surface area contributed by atoms with Gasteiger partial charge in [0.1, 0.15) is 23.7 Å². The molecule has 0 radical (unpaired) electrons. The second-order valence-electron chi connectivity index (χ2n) is 8.28. The van der Waals surface area contributed by atoms with E-state index in [1.54, 1.807) is 34.6 Å². The van der Waals surface area contributed by atoms with Gasteiger partial charge < -0.3 is 14.9 Å². The van der Waals surface area contributed by atoms with Crippen LogP contribution in [0.1, 0.15) is 55.6 Å². The van der Waals surface area contributed by atoms with E-state index in [0.717, 1.165) is 5.69 Å². The summed E-state index contributed by atoms with van der Waals surface area (Å²) in [5.41, 5.74) is 2.87. The van der Waals surface area contributed by atoms with E-state index in [-0.39, 0.29) is 11.8 Å². The zero-order valence-corrected chi connectivity index (χ0v) is 21.2.